The van der Waals surface area contributed by atoms with Gasteiger partial charge in [-0.25, -0.2) is 4.98 Å². The second-order valence-electron chi connectivity index (χ2n) is 4.02. The molecule has 1 aliphatic rings. The maximum atomic E-state index is 5.85. The maximum Gasteiger partial charge on any atom is 0.149 e. The van der Waals surface area contributed by atoms with Crippen LogP contribution in [0.5, 0.6) is 0 Å². The molecule has 0 bridgehead atoms. The van der Waals surface area contributed by atoms with Crippen LogP contribution in [0.1, 0.15) is 11.9 Å². The Kier molecular flexibility index (Phi) is 3.17. The zero-order chi connectivity index (χ0) is 12.4. The molecule has 0 aliphatic carbocycles. The quantitative estimate of drug-likeness (QED) is 0.834. The molecule has 5 nitrogen and oxygen atoms in total. The Morgan fingerprint density at radius 3 is 3.11 bits per heavy atom. The van der Waals surface area contributed by atoms with Crippen molar-refractivity contribution in [1.29, 1.82) is 0 Å². The summed E-state index contributed by atoms with van der Waals surface area (Å²) in [5, 5.41) is 0.397. The van der Waals surface area contributed by atoms with E-state index in [0.29, 0.717) is 18.3 Å². The molecule has 1 saturated heterocycles. The summed E-state index contributed by atoms with van der Waals surface area (Å²) in [6, 6.07) is 3.77. The van der Waals surface area contributed by atoms with E-state index in [1.54, 1.807) is 12.5 Å². The predicted molar refractivity (Wildman–Crippen MR) is 66.7 cm³/mol. The van der Waals surface area contributed by atoms with Crippen LogP contribution >= 0.6 is 11.6 Å². The highest BCUT2D eigenvalue weighted by molar-refractivity contribution is 6.29. The van der Waals surface area contributed by atoms with Crippen molar-refractivity contribution in [1.82, 2.24) is 9.97 Å². The van der Waals surface area contributed by atoms with Gasteiger partial charge in [-0.2, -0.15) is 0 Å². The fraction of sp³-hybridized carbons (Fsp3) is 0.333. The summed E-state index contributed by atoms with van der Waals surface area (Å²) in [5.74, 6) is 1.59. The molecule has 6 heteroatoms. The summed E-state index contributed by atoms with van der Waals surface area (Å²) >= 11 is 5.85. The molecule has 1 aliphatic heterocycles. The first-order chi connectivity index (χ1) is 8.83. The van der Waals surface area contributed by atoms with E-state index < -0.39 is 0 Å². The van der Waals surface area contributed by atoms with Gasteiger partial charge in [-0.15, -0.1) is 0 Å². The van der Waals surface area contributed by atoms with Gasteiger partial charge in [0.05, 0.1) is 31.8 Å². The first-order valence-electron chi connectivity index (χ1n) is 5.70. The Balaban J connectivity index is 1.78. The van der Waals surface area contributed by atoms with Crippen LogP contribution in [0.15, 0.2) is 35.2 Å². The van der Waals surface area contributed by atoms with Crippen LogP contribution in [-0.4, -0.2) is 29.7 Å². The van der Waals surface area contributed by atoms with Crippen molar-refractivity contribution in [2.24, 2.45) is 0 Å². The topological polar surface area (TPSA) is 51.4 Å². The molecule has 1 atom stereocenters. The summed E-state index contributed by atoms with van der Waals surface area (Å²) in [5.41, 5.74) is 0. The number of furan rings is 1. The number of ether oxygens (including phenoxy) is 1. The van der Waals surface area contributed by atoms with E-state index in [2.05, 4.69) is 14.9 Å². The zero-order valence-corrected chi connectivity index (χ0v) is 10.4. The van der Waals surface area contributed by atoms with Crippen molar-refractivity contribution in [3.05, 3.63) is 41.7 Å². The number of halogens is 1. The minimum absolute atomic E-state index is 0.0745. The maximum absolute atomic E-state index is 5.85. The van der Waals surface area contributed by atoms with Gasteiger partial charge in [0.2, 0.25) is 0 Å². The second kappa shape index (κ2) is 4.96. The van der Waals surface area contributed by atoms with Crippen molar-refractivity contribution in [3.63, 3.8) is 0 Å². The molecule has 94 valence electrons. The molecule has 0 aromatic carbocycles. The molecule has 2 aromatic heterocycles. The molecule has 1 unspecified atom stereocenters. The molecule has 1 fully saturated rings. The van der Waals surface area contributed by atoms with Gasteiger partial charge in [0, 0.05) is 6.54 Å². The molecule has 2 aromatic rings. The molecule has 18 heavy (non-hydrogen) atoms. The van der Waals surface area contributed by atoms with Crippen LogP contribution in [0.3, 0.4) is 0 Å². The Morgan fingerprint density at radius 1 is 1.39 bits per heavy atom. The zero-order valence-electron chi connectivity index (χ0n) is 9.62. The summed E-state index contributed by atoms with van der Waals surface area (Å²) in [7, 11) is 0. The highest BCUT2D eigenvalue weighted by Gasteiger charge is 2.24. The van der Waals surface area contributed by atoms with Gasteiger partial charge < -0.3 is 14.1 Å². The third kappa shape index (κ3) is 2.32. The van der Waals surface area contributed by atoms with Crippen molar-refractivity contribution >= 4 is 17.4 Å². The minimum Gasteiger partial charge on any atom is -0.467 e. The molecule has 3 rings (SSSR count). The normalized spacial score (nSPS) is 20.1. The number of hydrogen-bond acceptors (Lipinski definition) is 5. The molecular weight excluding hydrogens is 254 g/mol. The van der Waals surface area contributed by atoms with Crippen LogP contribution in [0, 0.1) is 0 Å². The molecule has 0 spiro atoms. The van der Waals surface area contributed by atoms with Crippen molar-refractivity contribution in [2.75, 3.05) is 24.6 Å². The Morgan fingerprint density at radius 2 is 2.33 bits per heavy atom. The lowest BCUT2D eigenvalue weighted by Gasteiger charge is -2.32. The van der Waals surface area contributed by atoms with Gasteiger partial charge in [-0.05, 0) is 12.1 Å². The van der Waals surface area contributed by atoms with E-state index in [1.165, 1.54) is 6.20 Å². The van der Waals surface area contributed by atoms with E-state index in [1.807, 2.05) is 12.1 Å². The Labute approximate surface area is 109 Å². The van der Waals surface area contributed by atoms with E-state index in [9.17, 15) is 0 Å². The fourth-order valence-corrected chi connectivity index (χ4v) is 2.13. The Bertz CT molecular complexity index is 518. The monoisotopic (exact) mass is 265 g/mol. The minimum atomic E-state index is -0.0745. The summed E-state index contributed by atoms with van der Waals surface area (Å²) in [6.07, 6.45) is 4.80. The average molecular weight is 266 g/mol. The van der Waals surface area contributed by atoms with E-state index >= 15 is 0 Å². The van der Waals surface area contributed by atoms with E-state index in [4.69, 9.17) is 20.8 Å². The van der Waals surface area contributed by atoms with Crippen molar-refractivity contribution in [2.45, 2.75) is 6.10 Å². The molecule has 0 N–H and O–H groups in total. The van der Waals surface area contributed by atoms with Gasteiger partial charge >= 0.3 is 0 Å². The van der Waals surface area contributed by atoms with Crippen molar-refractivity contribution < 1.29 is 9.15 Å². The molecule has 0 saturated carbocycles. The highest BCUT2D eigenvalue weighted by Crippen LogP contribution is 2.25. The van der Waals surface area contributed by atoms with Crippen LogP contribution < -0.4 is 4.90 Å². The van der Waals surface area contributed by atoms with Gasteiger partial charge in [0.15, 0.2) is 0 Å². The lowest BCUT2D eigenvalue weighted by atomic mass is 10.2. The third-order valence-electron chi connectivity index (χ3n) is 2.84. The van der Waals surface area contributed by atoms with Gasteiger partial charge in [0.25, 0.3) is 0 Å². The van der Waals surface area contributed by atoms with Crippen LogP contribution in [0.25, 0.3) is 0 Å². The van der Waals surface area contributed by atoms with Crippen LogP contribution in [-0.2, 0) is 4.74 Å². The lowest BCUT2D eigenvalue weighted by Crippen LogP contribution is -2.38. The second-order valence-corrected chi connectivity index (χ2v) is 4.41. The van der Waals surface area contributed by atoms with Crippen LogP contribution in [0.4, 0.5) is 5.82 Å². The number of rotatable bonds is 2. The SMILES string of the molecule is Clc1cncc(N2CCOC(c3ccco3)C2)n1. The first-order valence-corrected chi connectivity index (χ1v) is 6.08. The third-order valence-corrected chi connectivity index (χ3v) is 3.03. The number of morpholine rings is 1. The first kappa shape index (κ1) is 11.5. The smallest absolute Gasteiger partial charge is 0.149 e. The highest BCUT2D eigenvalue weighted by atomic mass is 35.5. The van der Waals surface area contributed by atoms with Gasteiger partial charge in [-0.1, -0.05) is 11.6 Å². The predicted octanol–water partition coefficient (Wildman–Crippen LogP) is 2.30. The molecular formula is C12H12ClN3O2. The molecule has 0 amide bonds. The number of hydrogen-bond donors (Lipinski definition) is 0. The molecule has 3 heterocycles. The number of nitrogens with zero attached hydrogens (tertiary/aromatic N) is 3. The average Bonchev–Trinajstić information content (AvgIpc) is 2.93. The summed E-state index contributed by atoms with van der Waals surface area (Å²) in [6.45, 7) is 2.08. The largest absolute Gasteiger partial charge is 0.467 e. The van der Waals surface area contributed by atoms with E-state index in [0.717, 1.165) is 18.1 Å². The lowest BCUT2D eigenvalue weighted by molar-refractivity contribution is 0.0255. The molecule has 0 radical (unpaired) electrons. The van der Waals surface area contributed by atoms with Crippen LogP contribution in [0.2, 0.25) is 5.15 Å². The standard InChI is InChI=1S/C12H12ClN3O2/c13-11-6-14-7-12(15-11)16-3-5-18-10(8-16)9-2-1-4-17-9/h1-2,4,6-7,10H,3,5,8H2. The Hall–Kier alpha value is -1.59. The van der Waals surface area contributed by atoms with Crippen molar-refractivity contribution in [3.8, 4) is 0 Å². The van der Waals surface area contributed by atoms with E-state index in [-0.39, 0.29) is 6.10 Å². The number of anilines is 1. The summed E-state index contributed by atoms with van der Waals surface area (Å²) in [4.78, 5) is 10.4. The number of aromatic nitrogens is 2. The fourth-order valence-electron chi connectivity index (χ4n) is 1.99. The van der Waals surface area contributed by atoms with Gasteiger partial charge in [-0.3, -0.25) is 4.98 Å². The van der Waals surface area contributed by atoms with Gasteiger partial charge in [0.1, 0.15) is 22.8 Å². The summed E-state index contributed by atoms with van der Waals surface area (Å²) < 4.78 is 11.1.